The average molecular weight is 556 g/mol. The molecule has 1 amide bonds. The zero-order chi connectivity index (χ0) is 23.4. The summed E-state index contributed by atoms with van der Waals surface area (Å²) in [5.41, 5.74) is 1.65. The molecule has 0 saturated carbocycles. The number of hydrogen-bond donors (Lipinski definition) is 1. The molecule has 3 rings (SSSR count). The van der Waals surface area contributed by atoms with Gasteiger partial charge in [0.05, 0.1) is 35.4 Å². The normalized spacial score (nSPS) is 18.1. The van der Waals surface area contributed by atoms with E-state index in [0.29, 0.717) is 36.6 Å². The molecule has 10 heteroatoms. The minimum absolute atomic E-state index is 0.257. The van der Waals surface area contributed by atoms with E-state index in [2.05, 4.69) is 27.3 Å². The number of nitrogens with zero attached hydrogens (tertiary/aromatic N) is 1. The highest BCUT2D eigenvalue weighted by Crippen LogP contribution is 2.42. The van der Waals surface area contributed by atoms with E-state index in [1.807, 2.05) is 0 Å². The monoisotopic (exact) mass is 554 g/mol. The van der Waals surface area contributed by atoms with Gasteiger partial charge in [0.1, 0.15) is 11.7 Å². The molecule has 1 aliphatic rings. The Balaban J connectivity index is 2.05. The van der Waals surface area contributed by atoms with E-state index >= 15 is 0 Å². The molecular weight excluding hydrogens is 539 g/mol. The number of carbonyl (C=O) groups is 2. The third-order valence-electron chi connectivity index (χ3n) is 4.91. The predicted molar refractivity (Wildman–Crippen MR) is 127 cm³/mol. The van der Waals surface area contributed by atoms with Gasteiger partial charge in [-0.2, -0.15) is 5.26 Å². The minimum atomic E-state index is -1.21. The number of amides is 1. The Morgan fingerprint density at radius 3 is 2.59 bits per heavy atom. The van der Waals surface area contributed by atoms with Crippen molar-refractivity contribution in [2.75, 3.05) is 14.2 Å². The van der Waals surface area contributed by atoms with Crippen LogP contribution in [0.25, 0.3) is 0 Å². The molecule has 0 aliphatic carbocycles. The van der Waals surface area contributed by atoms with Crippen molar-refractivity contribution in [1.29, 1.82) is 5.26 Å². The van der Waals surface area contributed by atoms with E-state index in [9.17, 15) is 14.9 Å². The SMILES string of the molecule is COC(=O)[C@@H]1C(=O)NC(SCc2ccc(Cl)cc2Cl)=C(C#N)[C@@H]1c1ccc(OC)c(Br)c1. The molecular formula is C22H17BrCl2N2O4S. The molecule has 0 saturated heterocycles. The van der Waals surface area contributed by atoms with Gasteiger partial charge in [0, 0.05) is 21.7 Å². The van der Waals surface area contributed by atoms with Crippen LogP contribution >= 0.6 is 50.9 Å². The van der Waals surface area contributed by atoms with Crippen molar-refractivity contribution in [2.24, 2.45) is 5.92 Å². The van der Waals surface area contributed by atoms with Crippen LogP contribution in [0.15, 0.2) is 51.5 Å². The second-order valence-corrected chi connectivity index (χ2v) is 9.42. The number of nitrogens with one attached hydrogen (secondary N) is 1. The summed E-state index contributed by atoms with van der Waals surface area (Å²) >= 11 is 16.9. The smallest absolute Gasteiger partial charge is 0.319 e. The molecule has 1 heterocycles. The summed E-state index contributed by atoms with van der Waals surface area (Å²) in [6, 6.07) is 12.5. The molecule has 0 bridgehead atoms. The second kappa shape index (κ2) is 10.6. The van der Waals surface area contributed by atoms with Gasteiger partial charge < -0.3 is 14.8 Å². The Morgan fingerprint density at radius 1 is 1.25 bits per heavy atom. The standard InChI is InChI=1S/C22H17BrCl2N2O4S/c1-30-17-6-4-11(7-15(17)23)18-14(9-26)21(27-20(28)19(18)22(29)31-2)32-10-12-3-5-13(24)8-16(12)25/h3-8,18-19H,10H2,1-2H3,(H,27,28)/t18-,19-/m0/s1. The largest absolute Gasteiger partial charge is 0.496 e. The molecule has 1 N–H and O–H groups in total. The molecule has 1 aliphatic heterocycles. The van der Waals surface area contributed by atoms with Crippen LogP contribution < -0.4 is 10.1 Å². The van der Waals surface area contributed by atoms with Crippen LogP contribution in [-0.2, 0) is 20.1 Å². The van der Waals surface area contributed by atoms with Crippen molar-refractivity contribution in [3.63, 3.8) is 0 Å². The maximum atomic E-state index is 12.9. The first-order valence-electron chi connectivity index (χ1n) is 9.23. The third-order valence-corrected chi connectivity index (χ3v) is 7.18. The van der Waals surface area contributed by atoms with Crippen LogP contribution in [0.1, 0.15) is 17.0 Å². The summed E-state index contributed by atoms with van der Waals surface area (Å²) in [6.45, 7) is 0. The lowest BCUT2D eigenvalue weighted by Crippen LogP contribution is -2.44. The lowest BCUT2D eigenvalue weighted by molar-refractivity contribution is -0.150. The van der Waals surface area contributed by atoms with E-state index in [1.165, 1.54) is 26.0 Å². The highest BCUT2D eigenvalue weighted by Gasteiger charge is 2.44. The number of nitriles is 1. The van der Waals surface area contributed by atoms with E-state index in [4.69, 9.17) is 32.7 Å². The second-order valence-electron chi connectivity index (χ2n) is 6.74. The van der Waals surface area contributed by atoms with E-state index < -0.39 is 23.7 Å². The number of halogens is 3. The first kappa shape index (κ1) is 24.5. The third kappa shape index (κ3) is 5.07. The van der Waals surface area contributed by atoms with Gasteiger partial charge in [-0.15, -0.1) is 11.8 Å². The van der Waals surface area contributed by atoms with Crippen LogP contribution in [0.5, 0.6) is 5.75 Å². The fourth-order valence-corrected chi connectivity index (χ4v) is 5.51. The Bertz CT molecular complexity index is 1150. The zero-order valence-corrected chi connectivity index (χ0v) is 20.9. The molecule has 2 atom stereocenters. The van der Waals surface area contributed by atoms with E-state index in [0.717, 1.165) is 5.56 Å². The van der Waals surface area contributed by atoms with Gasteiger partial charge in [0.2, 0.25) is 5.91 Å². The van der Waals surface area contributed by atoms with Crippen LogP contribution in [0.2, 0.25) is 10.0 Å². The first-order chi connectivity index (χ1) is 15.3. The average Bonchev–Trinajstić information content (AvgIpc) is 2.77. The van der Waals surface area contributed by atoms with Crippen molar-refractivity contribution >= 4 is 62.8 Å². The summed E-state index contributed by atoms with van der Waals surface area (Å²) < 4.78 is 10.8. The van der Waals surface area contributed by atoms with E-state index in [-0.39, 0.29) is 5.57 Å². The number of thioether (sulfide) groups is 1. The number of carbonyl (C=O) groups excluding carboxylic acids is 2. The highest BCUT2D eigenvalue weighted by molar-refractivity contribution is 9.10. The summed E-state index contributed by atoms with van der Waals surface area (Å²) in [5.74, 6) is -2.34. The summed E-state index contributed by atoms with van der Waals surface area (Å²) in [5, 5.41) is 14.1. The Labute approximate surface area is 208 Å². The van der Waals surface area contributed by atoms with Gasteiger partial charge in [0.15, 0.2) is 0 Å². The van der Waals surface area contributed by atoms with E-state index in [1.54, 1.807) is 36.4 Å². The first-order valence-corrected chi connectivity index (χ1v) is 11.8. The Morgan fingerprint density at radius 2 is 2.00 bits per heavy atom. The van der Waals surface area contributed by atoms with Crippen molar-refractivity contribution in [3.8, 4) is 11.8 Å². The number of allylic oxidation sites excluding steroid dienone is 1. The van der Waals surface area contributed by atoms with Crippen LogP contribution in [-0.4, -0.2) is 26.1 Å². The lowest BCUT2D eigenvalue weighted by Gasteiger charge is -2.31. The Hall–Kier alpha value is -2.18. The van der Waals surface area contributed by atoms with Crippen LogP contribution in [0, 0.1) is 17.2 Å². The Kier molecular flexibility index (Phi) is 8.12. The maximum Gasteiger partial charge on any atom is 0.319 e. The van der Waals surface area contributed by atoms with Crippen molar-refractivity contribution in [3.05, 3.63) is 72.6 Å². The molecule has 32 heavy (non-hydrogen) atoms. The molecule has 6 nitrogen and oxygen atoms in total. The molecule has 0 fully saturated rings. The number of hydrogen-bond acceptors (Lipinski definition) is 6. The van der Waals surface area contributed by atoms with Crippen molar-refractivity contribution in [1.82, 2.24) is 5.32 Å². The number of rotatable bonds is 6. The quantitative estimate of drug-likeness (QED) is 0.377. The molecule has 2 aromatic carbocycles. The molecule has 0 unspecified atom stereocenters. The van der Waals surface area contributed by atoms with Gasteiger partial charge in [-0.3, -0.25) is 9.59 Å². The summed E-state index contributed by atoms with van der Waals surface area (Å²) in [6.07, 6.45) is 0. The van der Waals surface area contributed by atoms with Crippen molar-refractivity contribution in [2.45, 2.75) is 11.7 Å². The van der Waals surface area contributed by atoms with Gasteiger partial charge >= 0.3 is 5.97 Å². The fraction of sp³-hybridized carbons (Fsp3) is 0.227. The van der Waals surface area contributed by atoms with Crippen LogP contribution in [0.4, 0.5) is 0 Å². The molecule has 0 radical (unpaired) electrons. The molecule has 166 valence electrons. The molecule has 2 aromatic rings. The highest BCUT2D eigenvalue weighted by atomic mass is 79.9. The number of methoxy groups -OCH3 is 2. The van der Waals surface area contributed by atoms with Gasteiger partial charge in [-0.05, 0) is 51.3 Å². The zero-order valence-electron chi connectivity index (χ0n) is 16.9. The molecule has 0 aromatic heterocycles. The topological polar surface area (TPSA) is 88.4 Å². The van der Waals surface area contributed by atoms with Gasteiger partial charge in [-0.25, -0.2) is 0 Å². The minimum Gasteiger partial charge on any atom is -0.496 e. The molecule has 0 spiro atoms. The lowest BCUT2D eigenvalue weighted by atomic mass is 9.78. The van der Waals surface area contributed by atoms with Crippen LogP contribution in [0.3, 0.4) is 0 Å². The summed E-state index contributed by atoms with van der Waals surface area (Å²) in [4.78, 5) is 25.4. The van der Waals surface area contributed by atoms with Gasteiger partial charge in [0.25, 0.3) is 0 Å². The fourth-order valence-electron chi connectivity index (χ4n) is 3.34. The predicted octanol–water partition coefficient (Wildman–Crippen LogP) is 5.44. The maximum absolute atomic E-state index is 12.9. The summed E-state index contributed by atoms with van der Waals surface area (Å²) in [7, 11) is 2.74. The van der Waals surface area contributed by atoms with Crippen molar-refractivity contribution < 1.29 is 19.1 Å². The number of benzene rings is 2. The number of ether oxygens (including phenoxy) is 2. The number of esters is 1. The van der Waals surface area contributed by atoms with Gasteiger partial charge in [-0.1, -0.05) is 35.3 Å².